The van der Waals surface area contributed by atoms with Crippen LogP contribution in [-0.2, 0) is 9.84 Å². The molecule has 0 heterocycles. The van der Waals surface area contributed by atoms with Crippen molar-refractivity contribution in [3.05, 3.63) is 29.3 Å². The summed E-state index contributed by atoms with van der Waals surface area (Å²) in [7, 11) is -2.94. The molecule has 1 fully saturated rings. The minimum absolute atomic E-state index is 0.0264. The highest BCUT2D eigenvalue weighted by Crippen LogP contribution is 2.32. The fourth-order valence-electron chi connectivity index (χ4n) is 2.84. The van der Waals surface area contributed by atoms with Crippen LogP contribution < -0.4 is 5.73 Å². The van der Waals surface area contributed by atoms with E-state index in [0.717, 1.165) is 34.9 Å². The van der Waals surface area contributed by atoms with Gasteiger partial charge in [0.15, 0.2) is 0 Å². The highest BCUT2D eigenvalue weighted by molar-refractivity contribution is 7.99. The van der Waals surface area contributed by atoms with Crippen LogP contribution in [0.5, 0.6) is 0 Å². The van der Waals surface area contributed by atoms with E-state index in [0.29, 0.717) is 12.3 Å². The van der Waals surface area contributed by atoms with Crippen molar-refractivity contribution >= 4 is 33.2 Å². The molecule has 0 saturated heterocycles. The first-order valence-corrected chi connectivity index (χ1v) is 10.5. The van der Waals surface area contributed by atoms with Crippen molar-refractivity contribution in [3.8, 4) is 0 Å². The van der Waals surface area contributed by atoms with Gasteiger partial charge in [-0.15, -0.1) is 11.8 Å². The minimum Gasteiger partial charge on any atom is -0.327 e. The summed E-state index contributed by atoms with van der Waals surface area (Å²) in [4.78, 5) is 1.11. The topological polar surface area (TPSA) is 60.2 Å². The second kappa shape index (κ2) is 7.36. The van der Waals surface area contributed by atoms with Gasteiger partial charge in [-0.1, -0.05) is 24.1 Å². The standard InChI is InChI=1S/C15H22ClNO2S2/c1-21(18,19)14-7-2-4-11(8-14)15(17)10-20-13-6-3-5-12(16)9-13/h3,5-6,9,11,14-15H,2,4,7-8,10,17H2,1H3. The van der Waals surface area contributed by atoms with E-state index in [1.807, 2.05) is 24.3 Å². The molecule has 2 N–H and O–H groups in total. The van der Waals surface area contributed by atoms with Crippen molar-refractivity contribution in [2.45, 2.75) is 41.9 Å². The van der Waals surface area contributed by atoms with Gasteiger partial charge in [-0.25, -0.2) is 8.42 Å². The summed E-state index contributed by atoms with van der Waals surface area (Å²) >= 11 is 7.65. The predicted molar refractivity (Wildman–Crippen MR) is 90.7 cm³/mol. The Hall–Kier alpha value is -0.230. The minimum atomic E-state index is -2.94. The van der Waals surface area contributed by atoms with Gasteiger partial charge in [0.25, 0.3) is 0 Å². The van der Waals surface area contributed by atoms with Crippen LogP contribution in [0.25, 0.3) is 0 Å². The first-order valence-electron chi connectivity index (χ1n) is 7.19. The molecule has 3 unspecified atom stereocenters. The van der Waals surface area contributed by atoms with Crippen LogP contribution in [0, 0.1) is 5.92 Å². The van der Waals surface area contributed by atoms with Crippen molar-refractivity contribution < 1.29 is 8.42 Å². The molecule has 0 radical (unpaired) electrons. The third-order valence-electron chi connectivity index (χ3n) is 4.12. The second-order valence-electron chi connectivity index (χ2n) is 5.81. The highest BCUT2D eigenvalue weighted by atomic mass is 35.5. The van der Waals surface area contributed by atoms with Gasteiger partial charge in [0.2, 0.25) is 0 Å². The third-order valence-corrected chi connectivity index (χ3v) is 7.13. The molecular formula is C15H22ClNO2S2. The van der Waals surface area contributed by atoms with Crippen LogP contribution in [0.4, 0.5) is 0 Å². The van der Waals surface area contributed by atoms with E-state index in [1.54, 1.807) is 11.8 Å². The summed E-state index contributed by atoms with van der Waals surface area (Å²) in [6, 6.07) is 7.75. The van der Waals surface area contributed by atoms with Gasteiger partial charge in [-0.2, -0.15) is 0 Å². The zero-order chi connectivity index (χ0) is 15.5. The van der Waals surface area contributed by atoms with Crippen molar-refractivity contribution in [1.29, 1.82) is 0 Å². The molecule has 3 nitrogen and oxygen atoms in total. The Morgan fingerprint density at radius 1 is 1.43 bits per heavy atom. The Bertz CT molecular complexity index is 577. The summed E-state index contributed by atoms with van der Waals surface area (Å²) in [6.45, 7) is 0. The number of benzene rings is 1. The fourth-order valence-corrected chi connectivity index (χ4v) is 5.33. The summed E-state index contributed by atoms with van der Waals surface area (Å²) in [5.74, 6) is 1.09. The molecule has 1 aromatic rings. The molecule has 118 valence electrons. The van der Waals surface area contributed by atoms with E-state index in [4.69, 9.17) is 17.3 Å². The molecule has 1 aliphatic carbocycles. The summed E-state index contributed by atoms with van der Waals surface area (Å²) in [6.07, 6.45) is 4.81. The number of hydrogen-bond acceptors (Lipinski definition) is 4. The van der Waals surface area contributed by atoms with Crippen molar-refractivity contribution in [1.82, 2.24) is 0 Å². The van der Waals surface area contributed by atoms with Crippen molar-refractivity contribution in [2.75, 3.05) is 12.0 Å². The van der Waals surface area contributed by atoms with Crippen LogP contribution in [0.15, 0.2) is 29.2 Å². The lowest BCUT2D eigenvalue weighted by atomic mass is 9.84. The maximum absolute atomic E-state index is 11.7. The number of sulfone groups is 1. The average molecular weight is 348 g/mol. The lowest BCUT2D eigenvalue weighted by Gasteiger charge is -2.31. The highest BCUT2D eigenvalue weighted by Gasteiger charge is 2.31. The first kappa shape index (κ1) is 17.1. The lowest BCUT2D eigenvalue weighted by Crippen LogP contribution is -2.39. The third kappa shape index (κ3) is 5.16. The van der Waals surface area contributed by atoms with E-state index < -0.39 is 9.84 Å². The molecule has 3 atom stereocenters. The Morgan fingerprint density at radius 2 is 2.19 bits per heavy atom. The molecule has 1 aromatic carbocycles. The molecule has 2 rings (SSSR count). The molecule has 21 heavy (non-hydrogen) atoms. The lowest BCUT2D eigenvalue weighted by molar-refractivity contribution is 0.319. The predicted octanol–water partition coefficient (Wildman–Crippen LogP) is 3.36. The largest absolute Gasteiger partial charge is 0.327 e. The number of halogens is 1. The van der Waals surface area contributed by atoms with Gasteiger partial charge in [-0.3, -0.25) is 0 Å². The first-order chi connectivity index (χ1) is 9.86. The number of rotatable bonds is 5. The number of hydrogen-bond donors (Lipinski definition) is 1. The monoisotopic (exact) mass is 347 g/mol. The van der Waals surface area contributed by atoms with Gasteiger partial charge < -0.3 is 5.73 Å². The smallest absolute Gasteiger partial charge is 0.150 e. The molecule has 0 bridgehead atoms. The number of nitrogens with two attached hydrogens (primary N) is 1. The number of thioether (sulfide) groups is 1. The fraction of sp³-hybridized carbons (Fsp3) is 0.600. The molecule has 6 heteroatoms. The van der Waals surface area contributed by atoms with E-state index in [-0.39, 0.29) is 11.3 Å². The van der Waals surface area contributed by atoms with Gasteiger partial charge >= 0.3 is 0 Å². The Morgan fingerprint density at radius 3 is 2.86 bits per heavy atom. The summed E-state index contributed by atoms with van der Waals surface area (Å²) in [5.41, 5.74) is 6.29. The Kier molecular flexibility index (Phi) is 6.00. The van der Waals surface area contributed by atoms with Crippen molar-refractivity contribution in [3.63, 3.8) is 0 Å². The zero-order valence-corrected chi connectivity index (χ0v) is 14.6. The van der Waals surface area contributed by atoms with Crippen LogP contribution in [0.3, 0.4) is 0 Å². The SMILES string of the molecule is CS(=O)(=O)C1CCCC(C(N)CSc2cccc(Cl)c2)C1. The Labute approximate surface area is 136 Å². The normalized spacial score (nSPS) is 24.7. The van der Waals surface area contributed by atoms with Crippen LogP contribution in [0.2, 0.25) is 5.02 Å². The van der Waals surface area contributed by atoms with Crippen LogP contribution in [0.1, 0.15) is 25.7 Å². The zero-order valence-electron chi connectivity index (χ0n) is 12.2. The van der Waals surface area contributed by atoms with Gasteiger partial charge in [0.05, 0.1) is 5.25 Å². The maximum Gasteiger partial charge on any atom is 0.150 e. The van der Waals surface area contributed by atoms with Crippen LogP contribution in [-0.4, -0.2) is 31.7 Å². The van der Waals surface area contributed by atoms with Crippen molar-refractivity contribution in [2.24, 2.45) is 11.7 Å². The maximum atomic E-state index is 11.7. The molecule has 0 spiro atoms. The van der Waals surface area contributed by atoms with Gasteiger partial charge in [-0.05, 0) is 43.4 Å². The summed E-state index contributed by atoms with van der Waals surface area (Å²) < 4.78 is 23.4. The van der Waals surface area contributed by atoms with E-state index in [1.165, 1.54) is 6.26 Å². The van der Waals surface area contributed by atoms with Gasteiger partial charge in [0.1, 0.15) is 9.84 Å². The van der Waals surface area contributed by atoms with Gasteiger partial charge in [0, 0.05) is 28.0 Å². The Balaban J connectivity index is 1.89. The molecular weight excluding hydrogens is 326 g/mol. The average Bonchev–Trinajstić information content (AvgIpc) is 2.44. The molecule has 1 saturated carbocycles. The quantitative estimate of drug-likeness (QED) is 0.829. The van der Waals surface area contributed by atoms with E-state index >= 15 is 0 Å². The molecule has 0 amide bonds. The van der Waals surface area contributed by atoms with Crippen LogP contribution >= 0.6 is 23.4 Å². The summed E-state index contributed by atoms with van der Waals surface area (Å²) in [5, 5.41) is 0.516. The molecule has 1 aliphatic rings. The molecule has 0 aromatic heterocycles. The molecule has 0 aliphatic heterocycles. The van der Waals surface area contributed by atoms with E-state index in [2.05, 4.69) is 0 Å². The second-order valence-corrected chi connectivity index (χ2v) is 9.67. The van der Waals surface area contributed by atoms with E-state index in [9.17, 15) is 8.42 Å².